The summed E-state index contributed by atoms with van der Waals surface area (Å²) in [4.78, 5) is 0. The first kappa shape index (κ1) is 15.4. The van der Waals surface area contributed by atoms with Crippen LogP contribution in [-0.2, 0) is 5.75 Å². The van der Waals surface area contributed by atoms with Gasteiger partial charge in [-0.15, -0.1) is 11.8 Å². The minimum atomic E-state index is -0.222. The van der Waals surface area contributed by atoms with E-state index in [0.29, 0.717) is 0 Å². The van der Waals surface area contributed by atoms with Gasteiger partial charge in [0.15, 0.2) is 0 Å². The number of halogens is 2. The Balaban J connectivity index is 2.06. The molecule has 0 amide bonds. The van der Waals surface area contributed by atoms with E-state index in [2.05, 4.69) is 0 Å². The molecule has 0 spiro atoms. The van der Waals surface area contributed by atoms with Gasteiger partial charge in [0.2, 0.25) is 0 Å². The summed E-state index contributed by atoms with van der Waals surface area (Å²) in [6, 6.07) is 14.4. The van der Waals surface area contributed by atoms with Crippen LogP contribution in [0.2, 0.25) is 5.02 Å². The second-order valence-electron chi connectivity index (χ2n) is 4.77. The monoisotopic (exact) mass is 309 g/mol. The predicted molar refractivity (Wildman–Crippen MR) is 85.5 cm³/mol. The van der Waals surface area contributed by atoms with E-state index in [0.717, 1.165) is 16.3 Å². The number of hydrogen-bond acceptors (Lipinski definition) is 2. The Bertz CT molecular complexity index is 539. The minimum absolute atomic E-state index is 0.00207. The highest BCUT2D eigenvalue weighted by Crippen LogP contribution is 2.34. The van der Waals surface area contributed by atoms with Crippen molar-refractivity contribution in [1.29, 1.82) is 0 Å². The molecule has 1 nitrogen and oxygen atoms in total. The molecule has 0 aliphatic rings. The smallest absolute Gasteiger partial charge is 0.123 e. The second-order valence-corrected chi connectivity index (χ2v) is 6.34. The molecular formula is C16H17ClFNS. The van der Waals surface area contributed by atoms with Crippen LogP contribution in [0.25, 0.3) is 0 Å². The number of thioether (sulfide) groups is 1. The molecule has 106 valence electrons. The largest absolute Gasteiger partial charge is 0.327 e. The molecule has 0 aromatic heterocycles. The molecule has 2 aromatic carbocycles. The SMILES string of the molecule is CC(N)C(SCc1ccc(Cl)cc1)c1ccc(F)cc1. The normalized spacial score (nSPS) is 14.0. The second kappa shape index (κ2) is 7.11. The van der Waals surface area contributed by atoms with E-state index in [1.54, 1.807) is 23.9 Å². The van der Waals surface area contributed by atoms with Gasteiger partial charge >= 0.3 is 0 Å². The molecule has 0 aliphatic carbocycles. The first-order valence-corrected chi connectivity index (χ1v) is 7.86. The molecule has 2 atom stereocenters. The predicted octanol–water partition coefficient (Wildman–Crippen LogP) is 4.80. The van der Waals surface area contributed by atoms with E-state index in [1.165, 1.54) is 17.7 Å². The molecule has 20 heavy (non-hydrogen) atoms. The fraction of sp³-hybridized carbons (Fsp3) is 0.250. The van der Waals surface area contributed by atoms with Crippen molar-refractivity contribution >= 4 is 23.4 Å². The van der Waals surface area contributed by atoms with Gasteiger partial charge in [-0.2, -0.15) is 0 Å². The number of rotatable bonds is 5. The topological polar surface area (TPSA) is 26.0 Å². The Kier molecular flexibility index (Phi) is 5.46. The third-order valence-corrected chi connectivity index (χ3v) is 4.83. The van der Waals surface area contributed by atoms with Gasteiger partial charge < -0.3 is 5.73 Å². The van der Waals surface area contributed by atoms with Crippen LogP contribution in [-0.4, -0.2) is 6.04 Å². The van der Waals surface area contributed by atoms with Crippen molar-refractivity contribution in [1.82, 2.24) is 0 Å². The van der Waals surface area contributed by atoms with Crippen molar-refractivity contribution in [3.63, 3.8) is 0 Å². The molecule has 2 aromatic rings. The maximum absolute atomic E-state index is 13.0. The van der Waals surface area contributed by atoms with Crippen molar-refractivity contribution in [2.75, 3.05) is 0 Å². The maximum Gasteiger partial charge on any atom is 0.123 e. The highest BCUT2D eigenvalue weighted by molar-refractivity contribution is 7.98. The quantitative estimate of drug-likeness (QED) is 0.858. The van der Waals surface area contributed by atoms with Gasteiger partial charge in [-0.05, 0) is 42.3 Å². The maximum atomic E-state index is 13.0. The third kappa shape index (κ3) is 4.23. The van der Waals surface area contributed by atoms with Crippen molar-refractivity contribution in [3.8, 4) is 0 Å². The van der Waals surface area contributed by atoms with Crippen molar-refractivity contribution < 1.29 is 4.39 Å². The van der Waals surface area contributed by atoms with Crippen LogP contribution in [0.4, 0.5) is 4.39 Å². The average molecular weight is 310 g/mol. The molecule has 0 saturated carbocycles. The first-order chi connectivity index (χ1) is 9.56. The van der Waals surface area contributed by atoms with Gasteiger partial charge in [-0.3, -0.25) is 0 Å². The third-order valence-electron chi connectivity index (χ3n) is 3.02. The number of nitrogens with two attached hydrogens (primary N) is 1. The van der Waals surface area contributed by atoms with E-state index in [1.807, 2.05) is 31.2 Å². The van der Waals surface area contributed by atoms with Crippen LogP contribution in [0.3, 0.4) is 0 Å². The summed E-state index contributed by atoms with van der Waals surface area (Å²) in [5.74, 6) is 0.626. The minimum Gasteiger partial charge on any atom is -0.327 e. The van der Waals surface area contributed by atoms with Crippen LogP contribution in [0.15, 0.2) is 48.5 Å². The molecule has 0 bridgehead atoms. The lowest BCUT2D eigenvalue weighted by Gasteiger charge is -2.21. The molecule has 0 radical (unpaired) electrons. The number of hydrogen-bond donors (Lipinski definition) is 1. The Morgan fingerprint density at radius 2 is 1.70 bits per heavy atom. The molecule has 0 saturated heterocycles. The first-order valence-electron chi connectivity index (χ1n) is 6.43. The Labute approximate surface area is 128 Å². The summed E-state index contributed by atoms with van der Waals surface area (Å²) >= 11 is 7.63. The summed E-state index contributed by atoms with van der Waals surface area (Å²) in [6.07, 6.45) is 0. The standard InChI is InChI=1S/C16H17ClFNS/c1-11(19)16(13-4-8-15(18)9-5-13)20-10-12-2-6-14(17)7-3-12/h2-9,11,16H,10,19H2,1H3. The van der Waals surface area contributed by atoms with Crippen LogP contribution in [0.1, 0.15) is 23.3 Å². The number of benzene rings is 2. The zero-order valence-corrected chi connectivity index (χ0v) is 12.8. The molecule has 4 heteroatoms. The Hall–Kier alpha value is -1.03. The highest BCUT2D eigenvalue weighted by Gasteiger charge is 2.16. The van der Waals surface area contributed by atoms with E-state index in [-0.39, 0.29) is 17.1 Å². The van der Waals surface area contributed by atoms with Crippen LogP contribution >= 0.6 is 23.4 Å². The molecule has 0 heterocycles. The van der Waals surface area contributed by atoms with Gasteiger partial charge in [0.05, 0.1) is 0 Å². The fourth-order valence-electron chi connectivity index (χ4n) is 1.97. The van der Waals surface area contributed by atoms with E-state index in [4.69, 9.17) is 17.3 Å². The molecule has 2 rings (SSSR count). The van der Waals surface area contributed by atoms with Gasteiger partial charge in [-0.1, -0.05) is 35.9 Å². The van der Waals surface area contributed by atoms with Gasteiger partial charge in [0.25, 0.3) is 0 Å². The summed E-state index contributed by atoms with van der Waals surface area (Å²) in [6.45, 7) is 1.98. The van der Waals surface area contributed by atoms with Crippen molar-refractivity contribution in [2.45, 2.75) is 24.0 Å². The van der Waals surface area contributed by atoms with Crippen molar-refractivity contribution in [2.24, 2.45) is 5.73 Å². The molecule has 0 aliphatic heterocycles. The average Bonchev–Trinajstić information content (AvgIpc) is 2.43. The van der Waals surface area contributed by atoms with Crippen LogP contribution in [0.5, 0.6) is 0 Å². The lowest BCUT2D eigenvalue weighted by molar-refractivity contribution is 0.625. The van der Waals surface area contributed by atoms with Gasteiger partial charge in [0.1, 0.15) is 5.82 Å². The molecular weight excluding hydrogens is 293 g/mol. The fourth-order valence-corrected chi connectivity index (χ4v) is 3.31. The summed E-state index contributed by atoms with van der Waals surface area (Å²) in [5, 5.41) is 0.882. The summed E-state index contributed by atoms with van der Waals surface area (Å²) in [7, 11) is 0. The summed E-state index contributed by atoms with van der Waals surface area (Å²) < 4.78 is 13.0. The van der Waals surface area contributed by atoms with Crippen LogP contribution in [0, 0.1) is 5.82 Å². The van der Waals surface area contributed by atoms with E-state index < -0.39 is 0 Å². The van der Waals surface area contributed by atoms with E-state index in [9.17, 15) is 4.39 Å². The Morgan fingerprint density at radius 1 is 1.10 bits per heavy atom. The van der Waals surface area contributed by atoms with Gasteiger partial charge in [0, 0.05) is 22.1 Å². The lowest BCUT2D eigenvalue weighted by atomic mass is 10.1. The Morgan fingerprint density at radius 3 is 2.25 bits per heavy atom. The van der Waals surface area contributed by atoms with Gasteiger partial charge in [-0.25, -0.2) is 4.39 Å². The molecule has 2 N–H and O–H groups in total. The zero-order chi connectivity index (χ0) is 14.5. The zero-order valence-electron chi connectivity index (χ0n) is 11.2. The molecule has 0 fully saturated rings. The molecule has 2 unspecified atom stereocenters. The van der Waals surface area contributed by atoms with Crippen molar-refractivity contribution in [3.05, 3.63) is 70.5 Å². The highest BCUT2D eigenvalue weighted by atomic mass is 35.5. The van der Waals surface area contributed by atoms with Crippen LogP contribution < -0.4 is 5.73 Å². The van der Waals surface area contributed by atoms with E-state index >= 15 is 0 Å². The summed E-state index contributed by atoms with van der Waals surface area (Å²) in [5.41, 5.74) is 8.32. The lowest BCUT2D eigenvalue weighted by Crippen LogP contribution is -2.22.